The number of benzene rings is 2. The SMILES string of the molecule is COC(=O)C1=C(N)OC2=C(C(=O)CC(C)(C)C2)C1c1cc(Br)ccc1OCC(=O)Nc1ccc(Cl)cc1. The summed E-state index contributed by atoms with van der Waals surface area (Å²) < 4.78 is 17.4. The van der Waals surface area contributed by atoms with E-state index < -0.39 is 17.8 Å². The summed E-state index contributed by atoms with van der Waals surface area (Å²) in [7, 11) is 1.23. The second-order valence-electron chi connectivity index (χ2n) is 9.61. The number of hydrogen-bond acceptors (Lipinski definition) is 7. The molecule has 37 heavy (non-hydrogen) atoms. The summed E-state index contributed by atoms with van der Waals surface area (Å²) in [5.74, 6) is -1.58. The normalized spacial score (nSPS) is 18.6. The van der Waals surface area contributed by atoms with Crippen molar-refractivity contribution in [1.82, 2.24) is 0 Å². The van der Waals surface area contributed by atoms with Gasteiger partial charge in [0, 0.05) is 39.2 Å². The van der Waals surface area contributed by atoms with Crippen LogP contribution in [0.15, 0.2) is 69.7 Å². The molecule has 1 aliphatic heterocycles. The molecule has 194 valence electrons. The lowest BCUT2D eigenvalue weighted by molar-refractivity contribution is -0.136. The zero-order chi connectivity index (χ0) is 26.9. The lowest BCUT2D eigenvalue weighted by Gasteiger charge is -2.38. The van der Waals surface area contributed by atoms with Crippen LogP contribution in [0.25, 0.3) is 0 Å². The van der Waals surface area contributed by atoms with Gasteiger partial charge in [-0.1, -0.05) is 41.4 Å². The molecule has 8 nitrogen and oxygen atoms in total. The van der Waals surface area contributed by atoms with Gasteiger partial charge in [0.15, 0.2) is 12.4 Å². The number of ketones is 1. The number of nitrogens with two attached hydrogens (primary N) is 1. The van der Waals surface area contributed by atoms with E-state index in [0.717, 1.165) is 0 Å². The molecular formula is C27H26BrClN2O6. The van der Waals surface area contributed by atoms with Crippen molar-refractivity contribution in [2.45, 2.75) is 32.6 Å². The number of ether oxygens (including phenoxy) is 3. The summed E-state index contributed by atoms with van der Waals surface area (Å²) in [5.41, 5.74) is 7.26. The van der Waals surface area contributed by atoms with Crippen molar-refractivity contribution in [2.24, 2.45) is 11.1 Å². The Hall–Kier alpha value is -3.30. The van der Waals surface area contributed by atoms with E-state index in [1.807, 2.05) is 13.8 Å². The molecule has 0 fully saturated rings. The molecule has 2 aliphatic rings. The fourth-order valence-electron chi connectivity index (χ4n) is 4.55. The third kappa shape index (κ3) is 5.83. The Morgan fingerprint density at radius 2 is 1.89 bits per heavy atom. The summed E-state index contributed by atoms with van der Waals surface area (Å²) in [6, 6.07) is 11.8. The fraction of sp³-hybridized carbons (Fsp3) is 0.296. The number of allylic oxidation sites excluding steroid dienone is 2. The number of rotatable bonds is 6. The average Bonchev–Trinajstić information content (AvgIpc) is 2.82. The van der Waals surface area contributed by atoms with Crippen LogP contribution in [-0.4, -0.2) is 31.4 Å². The maximum atomic E-state index is 13.4. The van der Waals surface area contributed by atoms with E-state index in [1.54, 1.807) is 42.5 Å². The number of nitrogens with one attached hydrogen (secondary N) is 1. The number of halogens is 2. The van der Waals surface area contributed by atoms with Gasteiger partial charge in [0.1, 0.15) is 17.1 Å². The monoisotopic (exact) mass is 588 g/mol. The van der Waals surface area contributed by atoms with Crippen LogP contribution < -0.4 is 15.8 Å². The minimum atomic E-state index is -0.897. The number of anilines is 1. The van der Waals surface area contributed by atoms with Crippen molar-refractivity contribution in [3.05, 3.63) is 80.3 Å². The van der Waals surface area contributed by atoms with E-state index in [9.17, 15) is 14.4 Å². The minimum absolute atomic E-state index is 0.00266. The zero-order valence-corrected chi connectivity index (χ0v) is 22.9. The molecule has 0 aromatic heterocycles. The molecule has 2 aromatic carbocycles. The Labute approximate surface area is 227 Å². The Kier molecular flexibility index (Phi) is 7.66. The molecule has 0 saturated heterocycles. The highest BCUT2D eigenvalue weighted by molar-refractivity contribution is 9.10. The molecule has 0 saturated carbocycles. The molecule has 1 unspecified atom stereocenters. The van der Waals surface area contributed by atoms with Crippen LogP contribution in [0.5, 0.6) is 5.75 Å². The Morgan fingerprint density at radius 1 is 1.19 bits per heavy atom. The van der Waals surface area contributed by atoms with E-state index in [0.29, 0.717) is 44.2 Å². The van der Waals surface area contributed by atoms with Crippen LogP contribution >= 0.6 is 27.5 Å². The molecule has 0 bridgehead atoms. The quantitative estimate of drug-likeness (QED) is 0.444. The summed E-state index contributed by atoms with van der Waals surface area (Å²) in [4.78, 5) is 38.8. The van der Waals surface area contributed by atoms with E-state index in [2.05, 4.69) is 21.2 Å². The van der Waals surface area contributed by atoms with Gasteiger partial charge in [0.05, 0.1) is 13.0 Å². The second kappa shape index (κ2) is 10.6. The lowest BCUT2D eigenvalue weighted by atomic mass is 9.70. The first-order chi connectivity index (χ1) is 17.5. The topological polar surface area (TPSA) is 117 Å². The lowest BCUT2D eigenvalue weighted by Crippen LogP contribution is -2.35. The second-order valence-corrected chi connectivity index (χ2v) is 11.0. The predicted molar refractivity (Wildman–Crippen MR) is 142 cm³/mol. The zero-order valence-electron chi connectivity index (χ0n) is 20.5. The number of carbonyl (C=O) groups is 3. The standard InChI is InChI=1S/C27H26BrClN2O6/c1-27(2)11-18(32)23-20(12-27)37-25(30)24(26(34)35-3)22(23)17-10-14(28)4-9-19(17)36-13-21(33)31-16-7-5-15(29)6-8-16/h4-10,22H,11-13,30H2,1-3H3,(H,31,33). The van der Waals surface area contributed by atoms with Gasteiger partial charge in [-0.2, -0.15) is 0 Å². The maximum absolute atomic E-state index is 13.4. The highest BCUT2D eigenvalue weighted by atomic mass is 79.9. The minimum Gasteiger partial charge on any atom is -0.483 e. The summed E-state index contributed by atoms with van der Waals surface area (Å²) in [6.07, 6.45) is 0.737. The number of carbonyl (C=O) groups excluding carboxylic acids is 3. The van der Waals surface area contributed by atoms with Crippen molar-refractivity contribution in [2.75, 3.05) is 19.0 Å². The third-order valence-electron chi connectivity index (χ3n) is 6.13. The number of hydrogen-bond donors (Lipinski definition) is 2. The van der Waals surface area contributed by atoms with Crippen molar-refractivity contribution in [3.8, 4) is 5.75 Å². The first-order valence-corrected chi connectivity index (χ1v) is 12.7. The molecule has 10 heteroatoms. The van der Waals surface area contributed by atoms with Crippen LogP contribution in [0.1, 0.15) is 38.2 Å². The van der Waals surface area contributed by atoms with Gasteiger partial charge >= 0.3 is 5.97 Å². The summed E-state index contributed by atoms with van der Waals surface area (Å²) >= 11 is 9.36. The van der Waals surface area contributed by atoms with E-state index in [-0.39, 0.29) is 35.7 Å². The number of esters is 1. The average molecular weight is 590 g/mol. The van der Waals surface area contributed by atoms with Crippen LogP contribution in [0, 0.1) is 5.41 Å². The van der Waals surface area contributed by atoms with E-state index in [4.69, 9.17) is 31.5 Å². The third-order valence-corrected chi connectivity index (χ3v) is 6.88. The van der Waals surface area contributed by atoms with Crippen molar-refractivity contribution in [3.63, 3.8) is 0 Å². The molecular weight excluding hydrogens is 564 g/mol. The largest absolute Gasteiger partial charge is 0.483 e. The van der Waals surface area contributed by atoms with Crippen LogP contribution in [0.2, 0.25) is 5.02 Å². The molecule has 1 heterocycles. The van der Waals surface area contributed by atoms with Gasteiger partial charge in [-0.05, 0) is 47.9 Å². The summed E-state index contributed by atoms with van der Waals surface area (Å²) in [6.45, 7) is 3.62. The van der Waals surface area contributed by atoms with Crippen molar-refractivity contribution in [1.29, 1.82) is 0 Å². The molecule has 1 aliphatic carbocycles. The number of methoxy groups -OCH3 is 1. The van der Waals surface area contributed by atoms with Gasteiger partial charge in [-0.3, -0.25) is 9.59 Å². The molecule has 2 aromatic rings. The first kappa shape index (κ1) is 26.8. The highest BCUT2D eigenvalue weighted by Gasteiger charge is 2.45. The van der Waals surface area contributed by atoms with Gasteiger partial charge in [0.2, 0.25) is 5.88 Å². The van der Waals surface area contributed by atoms with Gasteiger partial charge < -0.3 is 25.3 Å². The smallest absolute Gasteiger partial charge is 0.340 e. The Morgan fingerprint density at radius 3 is 2.57 bits per heavy atom. The molecule has 4 rings (SSSR count). The Bertz CT molecular complexity index is 1330. The molecule has 1 atom stereocenters. The summed E-state index contributed by atoms with van der Waals surface area (Å²) in [5, 5.41) is 3.28. The predicted octanol–water partition coefficient (Wildman–Crippen LogP) is 5.22. The van der Waals surface area contributed by atoms with Crippen LogP contribution in [0.4, 0.5) is 5.69 Å². The van der Waals surface area contributed by atoms with Crippen molar-refractivity contribution < 1.29 is 28.6 Å². The molecule has 0 radical (unpaired) electrons. The highest BCUT2D eigenvalue weighted by Crippen LogP contribution is 2.50. The number of amides is 1. The van der Waals surface area contributed by atoms with E-state index >= 15 is 0 Å². The molecule has 1 amide bonds. The molecule has 3 N–H and O–H groups in total. The fourth-order valence-corrected chi connectivity index (χ4v) is 5.06. The van der Waals surface area contributed by atoms with Gasteiger partial charge in [-0.15, -0.1) is 0 Å². The van der Waals surface area contributed by atoms with E-state index in [1.165, 1.54) is 7.11 Å². The van der Waals surface area contributed by atoms with Crippen molar-refractivity contribution >= 4 is 50.9 Å². The van der Waals surface area contributed by atoms with Gasteiger partial charge in [-0.25, -0.2) is 4.79 Å². The maximum Gasteiger partial charge on any atom is 0.340 e. The van der Waals surface area contributed by atoms with Crippen LogP contribution in [-0.2, 0) is 23.9 Å². The molecule has 0 spiro atoms. The van der Waals surface area contributed by atoms with Crippen LogP contribution in [0.3, 0.4) is 0 Å². The first-order valence-electron chi connectivity index (χ1n) is 11.5. The number of Topliss-reactive ketones (excluding diaryl/α,β-unsaturated/α-hetero) is 1. The van der Waals surface area contributed by atoms with Gasteiger partial charge in [0.25, 0.3) is 5.91 Å². The Balaban J connectivity index is 1.71.